The highest BCUT2D eigenvalue weighted by atomic mass is 16.5. The highest BCUT2D eigenvalue weighted by Gasteiger charge is 2.22. The smallest absolute Gasteiger partial charge is 0.314 e. The summed E-state index contributed by atoms with van der Waals surface area (Å²) >= 11 is 0. The van der Waals surface area contributed by atoms with Gasteiger partial charge in [0.15, 0.2) is 0 Å². The summed E-state index contributed by atoms with van der Waals surface area (Å²) in [5.41, 5.74) is 5.66. The molecular formula is C24H29N5O2. The van der Waals surface area contributed by atoms with E-state index < -0.39 is 0 Å². The van der Waals surface area contributed by atoms with Crippen LogP contribution in [-0.4, -0.2) is 41.0 Å². The van der Waals surface area contributed by atoms with Crippen LogP contribution in [0.1, 0.15) is 29.7 Å². The number of pyridine rings is 1. The van der Waals surface area contributed by atoms with Crippen molar-refractivity contribution >= 4 is 6.03 Å². The second kappa shape index (κ2) is 10.1. The standard InChI is InChI=1S/C24H29N5O2/c1-31-19-11-9-18(10-12-19)13-15-26-24(30)27-16-17-29-22-8-3-2-6-20(22)23(28-29)21-7-4-5-14-25-21/h4-5,7,9-12,14H,2-3,6,8,13,15-17H2,1H3,(H2,26,27,30). The number of hydrogen-bond acceptors (Lipinski definition) is 4. The van der Waals surface area contributed by atoms with Crippen molar-refractivity contribution in [1.29, 1.82) is 0 Å². The van der Waals surface area contributed by atoms with E-state index in [-0.39, 0.29) is 6.03 Å². The Morgan fingerprint density at radius 3 is 2.65 bits per heavy atom. The highest BCUT2D eigenvalue weighted by molar-refractivity contribution is 5.73. The molecule has 7 nitrogen and oxygen atoms in total. The Morgan fingerprint density at radius 1 is 1.06 bits per heavy atom. The van der Waals surface area contributed by atoms with Crippen LogP contribution in [0, 0.1) is 0 Å². The SMILES string of the molecule is COc1ccc(CCNC(=O)NCCn2nc(-c3ccccn3)c3c2CCCC3)cc1. The molecule has 0 saturated carbocycles. The molecule has 0 fully saturated rings. The van der Waals surface area contributed by atoms with E-state index in [9.17, 15) is 4.79 Å². The van der Waals surface area contributed by atoms with E-state index in [2.05, 4.69) is 20.3 Å². The van der Waals surface area contributed by atoms with Crippen LogP contribution >= 0.6 is 0 Å². The number of nitrogens with one attached hydrogen (secondary N) is 2. The Kier molecular flexibility index (Phi) is 6.82. The van der Waals surface area contributed by atoms with Gasteiger partial charge < -0.3 is 15.4 Å². The summed E-state index contributed by atoms with van der Waals surface area (Å²) in [7, 11) is 1.65. The number of methoxy groups -OCH3 is 1. The van der Waals surface area contributed by atoms with Crippen molar-refractivity contribution in [3.8, 4) is 17.1 Å². The van der Waals surface area contributed by atoms with E-state index in [0.29, 0.717) is 19.6 Å². The third-order valence-electron chi connectivity index (χ3n) is 5.63. The highest BCUT2D eigenvalue weighted by Crippen LogP contribution is 2.30. The zero-order chi connectivity index (χ0) is 21.5. The first-order chi connectivity index (χ1) is 15.2. The average Bonchev–Trinajstić information content (AvgIpc) is 3.19. The lowest BCUT2D eigenvalue weighted by molar-refractivity contribution is 0.240. The van der Waals surface area contributed by atoms with Gasteiger partial charge in [0.1, 0.15) is 11.4 Å². The predicted octanol–water partition coefficient (Wildman–Crippen LogP) is 3.37. The molecule has 162 valence electrons. The number of nitrogens with zero attached hydrogens (tertiary/aromatic N) is 3. The zero-order valence-electron chi connectivity index (χ0n) is 17.9. The predicted molar refractivity (Wildman–Crippen MR) is 120 cm³/mol. The van der Waals surface area contributed by atoms with E-state index in [1.54, 1.807) is 13.3 Å². The molecule has 0 unspecified atom stereocenters. The van der Waals surface area contributed by atoms with Crippen molar-refractivity contribution in [2.45, 2.75) is 38.6 Å². The van der Waals surface area contributed by atoms with E-state index >= 15 is 0 Å². The first-order valence-electron chi connectivity index (χ1n) is 10.9. The number of carbonyl (C=O) groups excluding carboxylic acids is 1. The molecule has 2 aromatic heterocycles. The molecule has 0 saturated heterocycles. The zero-order valence-corrected chi connectivity index (χ0v) is 17.9. The molecule has 0 spiro atoms. The second-order valence-corrected chi connectivity index (χ2v) is 7.70. The minimum absolute atomic E-state index is 0.153. The van der Waals surface area contributed by atoms with Gasteiger partial charge in [0.2, 0.25) is 0 Å². The van der Waals surface area contributed by atoms with E-state index in [0.717, 1.165) is 42.0 Å². The third kappa shape index (κ3) is 5.23. The number of benzene rings is 1. The number of urea groups is 1. The lowest BCUT2D eigenvalue weighted by Crippen LogP contribution is -2.38. The van der Waals surface area contributed by atoms with Gasteiger partial charge in [-0.3, -0.25) is 9.67 Å². The summed E-state index contributed by atoms with van der Waals surface area (Å²) in [5.74, 6) is 0.835. The Balaban J connectivity index is 1.28. The molecule has 1 aliphatic rings. The normalized spacial score (nSPS) is 12.8. The molecule has 7 heteroatoms. The average molecular weight is 420 g/mol. The van der Waals surface area contributed by atoms with Crippen LogP contribution in [-0.2, 0) is 25.8 Å². The topological polar surface area (TPSA) is 81.1 Å². The van der Waals surface area contributed by atoms with E-state index in [1.807, 2.05) is 42.5 Å². The van der Waals surface area contributed by atoms with Crippen LogP contribution in [0.3, 0.4) is 0 Å². The summed E-state index contributed by atoms with van der Waals surface area (Å²) in [4.78, 5) is 16.6. The quantitative estimate of drug-likeness (QED) is 0.587. The van der Waals surface area contributed by atoms with Crippen molar-refractivity contribution in [3.63, 3.8) is 0 Å². The van der Waals surface area contributed by atoms with Crippen molar-refractivity contribution < 1.29 is 9.53 Å². The molecule has 0 aliphatic heterocycles. The van der Waals surface area contributed by atoms with Crippen LogP contribution < -0.4 is 15.4 Å². The molecule has 3 aromatic rings. The van der Waals surface area contributed by atoms with Gasteiger partial charge in [0.25, 0.3) is 0 Å². The van der Waals surface area contributed by atoms with Gasteiger partial charge in [0.05, 0.1) is 19.3 Å². The van der Waals surface area contributed by atoms with Crippen molar-refractivity contribution in [1.82, 2.24) is 25.4 Å². The largest absolute Gasteiger partial charge is 0.497 e. The van der Waals surface area contributed by atoms with Crippen molar-refractivity contribution in [3.05, 3.63) is 65.5 Å². The number of ether oxygens (including phenoxy) is 1. The van der Waals surface area contributed by atoms with Crippen molar-refractivity contribution in [2.24, 2.45) is 0 Å². The minimum atomic E-state index is -0.153. The summed E-state index contributed by atoms with van der Waals surface area (Å²) in [6, 6.07) is 13.7. The van der Waals surface area contributed by atoms with Crippen LogP contribution in [0.25, 0.3) is 11.4 Å². The fourth-order valence-corrected chi connectivity index (χ4v) is 4.01. The maximum absolute atomic E-state index is 12.2. The molecule has 0 bridgehead atoms. The number of aromatic nitrogens is 3. The van der Waals surface area contributed by atoms with Crippen LogP contribution in [0.4, 0.5) is 4.79 Å². The summed E-state index contributed by atoms with van der Waals surface area (Å²) in [6.07, 6.45) is 7.02. The molecule has 0 atom stereocenters. The van der Waals surface area contributed by atoms with E-state index in [4.69, 9.17) is 9.84 Å². The summed E-state index contributed by atoms with van der Waals surface area (Å²) in [5, 5.41) is 10.7. The van der Waals surface area contributed by atoms with Gasteiger partial charge in [-0.1, -0.05) is 18.2 Å². The number of fused-ring (bicyclic) bond motifs is 1. The van der Waals surface area contributed by atoms with Crippen LogP contribution in [0.2, 0.25) is 0 Å². The minimum Gasteiger partial charge on any atom is -0.497 e. The van der Waals surface area contributed by atoms with Crippen LogP contribution in [0.15, 0.2) is 48.7 Å². The fourth-order valence-electron chi connectivity index (χ4n) is 4.01. The molecule has 2 N–H and O–H groups in total. The third-order valence-corrected chi connectivity index (χ3v) is 5.63. The fraction of sp³-hybridized carbons (Fsp3) is 0.375. The summed E-state index contributed by atoms with van der Waals surface area (Å²) < 4.78 is 7.22. The number of rotatable bonds is 8. The Hall–Kier alpha value is -3.35. The van der Waals surface area contributed by atoms with Gasteiger partial charge in [-0.2, -0.15) is 5.10 Å². The van der Waals surface area contributed by atoms with Gasteiger partial charge in [-0.15, -0.1) is 0 Å². The molecule has 1 aliphatic carbocycles. The maximum atomic E-state index is 12.2. The second-order valence-electron chi connectivity index (χ2n) is 7.70. The molecule has 1 aromatic carbocycles. The van der Waals surface area contributed by atoms with Crippen LogP contribution in [0.5, 0.6) is 5.75 Å². The molecule has 0 radical (unpaired) electrons. The summed E-state index contributed by atoms with van der Waals surface area (Å²) in [6.45, 7) is 1.77. The lowest BCUT2D eigenvalue weighted by atomic mass is 9.95. The molecular weight excluding hydrogens is 390 g/mol. The first kappa shape index (κ1) is 20.9. The number of hydrogen-bond donors (Lipinski definition) is 2. The first-order valence-corrected chi connectivity index (χ1v) is 10.9. The molecule has 31 heavy (non-hydrogen) atoms. The number of carbonyl (C=O) groups is 1. The van der Waals surface area contributed by atoms with E-state index in [1.165, 1.54) is 24.1 Å². The van der Waals surface area contributed by atoms with Crippen molar-refractivity contribution in [2.75, 3.05) is 20.2 Å². The number of amides is 2. The monoisotopic (exact) mass is 419 g/mol. The van der Waals surface area contributed by atoms with Gasteiger partial charge in [-0.25, -0.2) is 4.79 Å². The Bertz CT molecular complexity index is 999. The van der Waals surface area contributed by atoms with Gasteiger partial charge in [-0.05, 0) is 61.9 Å². The lowest BCUT2D eigenvalue weighted by Gasteiger charge is -2.14. The van der Waals surface area contributed by atoms with Gasteiger partial charge in [0, 0.05) is 30.5 Å². The Labute approximate surface area is 182 Å². The molecule has 4 rings (SSSR count). The van der Waals surface area contributed by atoms with Gasteiger partial charge >= 0.3 is 6.03 Å². The Morgan fingerprint density at radius 2 is 1.87 bits per heavy atom. The molecule has 2 amide bonds. The molecule has 2 heterocycles. The maximum Gasteiger partial charge on any atom is 0.314 e.